The van der Waals surface area contributed by atoms with Gasteiger partial charge < -0.3 is 5.73 Å². The number of primary amides is 1. The smallest absolute Gasteiger partial charge is 0.224 e. The van der Waals surface area contributed by atoms with Gasteiger partial charge in [-0.1, -0.05) is 20.3 Å². The van der Waals surface area contributed by atoms with Crippen LogP contribution in [0.4, 0.5) is 0 Å². The van der Waals surface area contributed by atoms with E-state index in [2.05, 4.69) is 13.8 Å². The summed E-state index contributed by atoms with van der Waals surface area (Å²) in [4.78, 5) is 11.3. The lowest BCUT2D eigenvalue weighted by Gasteiger charge is -2.19. The molecule has 2 N–H and O–H groups in total. The van der Waals surface area contributed by atoms with E-state index in [1.54, 1.807) is 0 Å². The Morgan fingerprint density at radius 1 is 1.42 bits per heavy atom. The first-order valence-corrected chi connectivity index (χ1v) is 4.85. The fourth-order valence-corrected chi connectivity index (χ4v) is 3.37. The zero-order chi connectivity index (χ0) is 8.98. The van der Waals surface area contributed by atoms with Crippen LogP contribution in [0.25, 0.3) is 0 Å². The fourth-order valence-electron chi connectivity index (χ4n) is 3.37. The van der Waals surface area contributed by atoms with Gasteiger partial charge in [-0.2, -0.15) is 0 Å². The molecule has 2 aliphatic rings. The molecular formula is C10H17NO. The number of carbonyl (C=O) groups excluding carboxylic acids is 1. The van der Waals surface area contributed by atoms with Crippen LogP contribution < -0.4 is 5.73 Å². The van der Waals surface area contributed by atoms with Crippen LogP contribution in [0.2, 0.25) is 0 Å². The van der Waals surface area contributed by atoms with E-state index < -0.39 is 0 Å². The second kappa shape index (κ2) is 2.04. The van der Waals surface area contributed by atoms with Crippen LogP contribution in [0, 0.1) is 16.7 Å². The van der Waals surface area contributed by atoms with Crippen molar-refractivity contribution in [2.24, 2.45) is 22.5 Å². The van der Waals surface area contributed by atoms with Gasteiger partial charge in [-0.15, -0.1) is 0 Å². The molecule has 0 aromatic rings. The molecule has 2 heteroatoms. The van der Waals surface area contributed by atoms with Gasteiger partial charge in [0, 0.05) is 0 Å². The molecule has 2 unspecified atom stereocenters. The standard InChI is InChI=1S/C10H17NO/c1-7(2)9-4-3-5-10(9,6-9)8(11)12/h7H,3-6H2,1-2H3,(H2,11,12). The molecule has 0 bridgehead atoms. The van der Waals surface area contributed by atoms with Crippen molar-refractivity contribution in [2.75, 3.05) is 0 Å². The summed E-state index contributed by atoms with van der Waals surface area (Å²) in [6.45, 7) is 4.44. The molecular weight excluding hydrogens is 150 g/mol. The molecule has 0 aromatic heterocycles. The van der Waals surface area contributed by atoms with E-state index in [4.69, 9.17) is 5.73 Å². The Kier molecular flexibility index (Phi) is 1.37. The van der Waals surface area contributed by atoms with Crippen molar-refractivity contribution in [3.05, 3.63) is 0 Å². The fraction of sp³-hybridized carbons (Fsp3) is 0.900. The van der Waals surface area contributed by atoms with Gasteiger partial charge in [0.05, 0.1) is 5.41 Å². The Bertz CT molecular complexity index is 236. The minimum atomic E-state index is -0.0822. The average molecular weight is 167 g/mol. The van der Waals surface area contributed by atoms with Gasteiger partial charge in [0.25, 0.3) is 0 Å². The summed E-state index contributed by atoms with van der Waals surface area (Å²) in [5, 5.41) is 0. The molecule has 2 aliphatic carbocycles. The van der Waals surface area contributed by atoms with Crippen LogP contribution in [-0.4, -0.2) is 5.91 Å². The van der Waals surface area contributed by atoms with Crippen LogP contribution in [0.15, 0.2) is 0 Å². The van der Waals surface area contributed by atoms with Gasteiger partial charge in [0.1, 0.15) is 0 Å². The predicted octanol–water partition coefficient (Wildman–Crippen LogP) is 1.69. The maximum absolute atomic E-state index is 11.3. The SMILES string of the molecule is CC(C)C12CCCC1(C(N)=O)C2. The number of nitrogens with two attached hydrogens (primary N) is 1. The molecule has 2 fully saturated rings. The van der Waals surface area contributed by atoms with Gasteiger partial charge in [-0.05, 0) is 30.6 Å². The number of fused-ring (bicyclic) bond motifs is 1. The third-order valence-corrected chi connectivity index (χ3v) is 4.25. The topological polar surface area (TPSA) is 43.1 Å². The summed E-state index contributed by atoms with van der Waals surface area (Å²) >= 11 is 0. The Morgan fingerprint density at radius 3 is 2.42 bits per heavy atom. The van der Waals surface area contributed by atoms with Crippen LogP contribution in [-0.2, 0) is 4.79 Å². The molecule has 2 atom stereocenters. The summed E-state index contributed by atoms with van der Waals surface area (Å²) in [6.07, 6.45) is 4.52. The lowest BCUT2D eigenvalue weighted by Crippen LogP contribution is -2.29. The molecule has 0 saturated heterocycles. The highest BCUT2D eigenvalue weighted by Crippen LogP contribution is 2.76. The summed E-state index contributed by atoms with van der Waals surface area (Å²) in [5.74, 6) is 0.571. The lowest BCUT2D eigenvalue weighted by atomic mass is 9.85. The summed E-state index contributed by atoms with van der Waals surface area (Å²) in [6, 6.07) is 0. The highest BCUT2D eigenvalue weighted by atomic mass is 16.1. The second-order valence-electron chi connectivity index (χ2n) is 4.79. The highest BCUT2D eigenvalue weighted by Gasteiger charge is 2.73. The van der Waals surface area contributed by atoms with Gasteiger partial charge >= 0.3 is 0 Å². The Morgan fingerprint density at radius 2 is 2.08 bits per heavy atom. The van der Waals surface area contributed by atoms with E-state index in [1.165, 1.54) is 12.8 Å². The first-order valence-electron chi connectivity index (χ1n) is 4.85. The second-order valence-corrected chi connectivity index (χ2v) is 4.79. The summed E-state index contributed by atoms with van der Waals surface area (Å²) in [7, 11) is 0. The molecule has 0 aromatic carbocycles. The quantitative estimate of drug-likeness (QED) is 0.668. The van der Waals surface area contributed by atoms with E-state index in [0.29, 0.717) is 11.3 Å². The van der Waals surface area contributed by atoms with Gasteiger partial charge in [0.2, 0.25) is 5.91 Å². The lowest BCUT2D eigenvalue weighted by molar-refractivity contribution is -0.124. The first kappa shape index (κ1) is 8.09. The minimum Gasteiger partial charge on any atom is -0.369 e. The van der Waals surface area contributed by atoms with Gasteiger partial charge in [-0.3, -0.25) is 4.79 Å². The Hall–Kier alpha value is -0.530. The number of hydrogen-bond donors (Lipinski definition) is 1. The van der Waals surface area contributed by atoms with E-state index in [9.17, 15) is 4.79 Å². The van der Waals surface area contributed by atoms with E-state index in [0.717, 1.165) is 12.8 Å². The maximum atomic E-state index is 11.3. The minimum absolute atomic E-state index is 0.0475. The van der Waals surface area contributed by atoms with Crippen molar-refractivity contribution < 1.29 is 4.79 Å². The van der Waals surface area contributed by atoms with Crippen molar-refractivity contribution in [2.45, 2.75) is 39.5 Å². The number of rotatable bonds is 2. The maximum Gasteiger partial charge on any atom is 0.224 e. The highest BCUT2D eigenvalue weighted by molar-refractivity contribution is 5.86. The predicted molar refractivity (Wildman–Crippen MR) is 47.4 cm³/mol. The van der Waals surface area contributed by atoms with Crippen molar-refractivity contribution in [1.82, 2.24) is 0 Å². The first-order chi connectivity index (χ1) is 5.55. The van der Waals surface area contributed by atoms with Crippen LogP contribution in [0.3, 0.4) is 0 Å². The molecule has 12 heavy (non-hydrogen) atoms. The molecule has 0 heterocycles. The monoisotopic (exact) mass is 167 g/mol. The molecule has 0 radical (unpaired) electrons. The van der Waals surface area contributed by atoms with Crippen molar-refractivity contribution in [3.8, 4) is 0 Å². The van der Waals surface area contributed by atoms with Gasteiger partial charge in [-0.25, -0.2) is 0 Å². The van der Waals surface area contributed by atoms with Crippen molar-refractivity contribution in [3.63, 3.8) is 0 Å². The molecule has 68 valence electrons. The van der Waals surface area contributed by atoms with E-state index >= 15 is 0 Å². The number of hydrogen-bond acceptors (Lipinski definition) is 1. The normalized spacial score (nSPS) is 44.6. The van der Waals surface area contributed by atoms with Crippen LogP contribution in [0.1, 0.15) is 39.5 Å². The Labute approximate surface area is 73.5 Å². The summed E-state index contributed by atoms with van der Waals surface area (Å²) < 4.78 is 0. The van der Waals surface area contributed by atoms with Crippen LogP contribution in [0.5, 0.6) is 0 Å². The zero-order valence-electron chi connectivity index (χ0n) is 7.89. The third kappa shape index (κ3) is 0.644. The number of carbonyl (C=O) groups is 1. The molecule has 2 saturated carbocycles. The Balaban J connectivity index is 2.28. The molecule has 2 nitrogen and oxygen atoms in total. The van der Waals surface area contributed by atoms with Gasteiger partial charge in [0.15, 0.2) is 0 Å². The molecule has 0 spiro atoms. The summed E-state index contributed by atoms with van der Waals surface area (Å²) in [5.41, 5.74) is 5.68. The van der Waals surface area contributed by atoms with Crippen LogP contribution >= 0.6 is 0 Å². The van der Waals surface area contributed by atoms with E-state index in [1.807, 2.05) is 0 Å². The molecule has 2 rings (SSSR count). The zero-order valence-corrected chi connectivity index (χ0v) is 7.89. The third-order valence-electron chi connectivity index (χ3n) is 4.25. The van der Waals surface area contributed by atoms with E-state index in [-0.39, 0.29) is 11.3 Å². The average Bonchev–Trinajstić information content (AvgIpc) is 2.52. The number of amides is 1. The molecule has 0 aliphatic heterocycles. The van der Waals surface area contributed by atoms with Crippen molar-refractivity contribution >= 4 is 5.91 Å². The molecule has 1 amide bonds. The van der Waals surface area contributed by atoms with Crippen molar-refractivity contribution in [1.29, 1.82) is 0 Å². The largest absolute Gasteiger partial charge is 0.369 e.